The summed E-state index contributed by atoms with van der Waals surface area (Å²) in [5.41, 5.74) is 3.87. The molecule has 5 nitrogen and oxygen atoms in total. The van der Waals surface area contributed by atoms with Crippen molar-refractivity contribution in [1.29, 1.82) is 0 Å². The van der Waals surface area contributed by atoms with E-state index in [9.17, 15) is 13.2 Å². The quantitative estimate of drug-likeness (QED) is 0.686. The van der Waals surface area contributed by atoms with E-state index in [1.54, 1.807) is 0 Å². The summed E-state index contributed by atoms with van der Waals surface area (Å²) in [5, 5.41) is 3.04. The van der Waals surface area contributed by atoms with Crippen LogP contribution in [0.2, 0.25) is 0 Å². The molecule has 0 aliphatic rings. The number of nitrogens with one attached hydrogen (secondary N) is 1. The molecule has 0 spiro atoms. The van der Waals surface area contributed by atoms with E-state index < -0.39 is 10.0 Å². The predicted octanol–water partition coefficient (Wildman–Crippen LogP) is 4.12. The Morgan fingerprint density at radius 2 is 1.75 bits per heavy atom. The Morgan fingerprint density at radius 1 is 1.07 bits per heavy atom. The highest BCUT2D eigenvalue weighted by molar-refractivity contribution is 7.92. The molecule has 1 unspecified atom stereocenters. The zero-order valence-corrected chi connectivity index (χ0v) is 17.9. The number of carbonyl (C=O) groups excluding carboxylic acids is 1. The van der Waals surface area contributed by atoms with Crippen LogP contribution in [0.15, 0.2) is 48.5 Å². The van der Waals surface area contributed by atoms with E-state index in [4.69, 9.17) is 0 Å². The first kappa shape index (κ1) is 22.0. The molecule has 0 bridgehead atoms. The van der Waals surface area contributed by atoms with Crippen LogP contribution in [-0.2, 0) is 14.8 Å². The van der Waals surface area contributed by atoms with E-state index >= 15 is 0 Å². The molecule has 0 aliphatic heterocycles. The summed E-state index contributed by atoms with van der Waals surface area (Å²) in [6.45, 7) is 6.26. The molecular formula is C22H30N2O3S. The monoisotopic (exact) mass is 402 g/mol. The van der Waals surface area contributed by atoms with Crippen molar-refractivity contribution in [3.05, 3.63) is 65.2 Å². The third-order valence-corrected chi connectivity index (χ3v) is 6.08. The highest BCUT2D eigenvalue weighted by Gasteiger charge is 2.19. The molecule has 2 rings (SSSR count). The lowest BCUT2D eigenvalue weighted by Crippen LogP contribution is -2.33. The zero-order valence-electron chi connectivity index (χ0n) is 17.1. The molecule has 0 aromatic heterocycles. The van der Waals surface area contributed by atoms with Gasteiger partial charge in [-0.25, -0.2) is 8.42 Å². The molecule has 2 aromatic carbocycles. The number of rotatable bonds is 9. The molecule has 1 N–H and O–H groups in total. The lowest BCUT2D eigenvalue weighted by atomic mass is 10.0. The maximum atomic E-state index is 12.4. The van der Waals surface area contributed by atoms with Gasteiger partial charge in [-0.05, 0) is 55.5 Å². The minimum Gasteiger partial charge on any atom is -0.349 e. The molecule has 1 atom stereocenters. The number of hydrogen-bond acceptors (Lipinski definition) is 3. The number of hydrogen-bond donors (Lipinski definition) is 1. The number of benzene rings is 2. The number of carbonyl (C=O) groups is 1. The average Bonchev–Trinajstić information content (AvgIpc) is 2.65. The number of sulfonamides is 1. The predicted molar refractivity (Wildman–Crippen MR) is 115 cm³/mol. The Bertz CT molecular complexity index is 895. The van der Waals surface area contributed by atoms with Crippen molar-refractivity contribution in [3.8, 4) is 0 Å². The largest absolute Gasteiger partial charge is 0.349 e. The second kappa shape index (κ2) is 9.73. The maximum Gasteiger partial charge on any atom is 0.232 e. The summed E-state index contributed by atoms with van der Waals surface area (Å²) in [6, 6.07) is 15.4. The van der Waals surface area contributed by atoms with Gasteiger partial charge < -0.3 is 5.32 Å². The lowest BCUT2D eigenvalue weighted by Gasteiger charge is -2.23. The van der Waals surface area contributed by atoms with E-state index in [0.717, 1.165) is 23.1 Å². The molecular weight excluding hydrogens is 372 g/mol. The van der Waals surface area contributed by atoms with Crippen molar-refractivity contribution in [2.24, 2.45) is 0 Å². The van der Waals surface area contributed by atoms with Crippen LogP contribution in [0.1, 0.15) is 48.9 Å². The SMILES string of the molecule is CCC(NC(=O)CCCN(c1ccc(C)c(C)c1)S(C)(=O)=O)c1ccccc1. The average molecular weight is 403 g/mol. The first-order chi connectivity index (χ1) is 13.2. The molecule has 0 saturated carbocycles. The molecule has 6 heteroatoms. The highest BCUT2D eigenvalue weighted by Crippen LogP contribution is 2.22. The molecule has 0 heterocycles. The third-order valence-electron chi connectivity index (χ3n) is 4.89. The van der Waals surface area contributed by atoms with Crippen LogP contribution in [0.4, 0.5) is 5.69 Å². The fourth-order valence-electron chi connectivity index (χ4n) is 3.12. The number of aryl methyl sites for hydroxylation is 2. The van der Waals surface area contributed by atoms with Crippen LogP contribution in [0.25, 0.3) is 0 Å². The van der Waals surface area contributed by atoms with Crippen molar-refractivity contribution < 1.29 is 13.2 Å². The second-order valence-electron chi connectivity index (χ2n) is 7.15. The first-order valence-corrected chi connectivity index (χ1v) is 11.5. The van der Waals surface area contributed by atoms with Crippen LogP contribution < -0.4 is 9.62 Å². The summed E-state index contributed by atoms with van der Waals surface area (Å²) in [5.74, 6) is -0.0655. The minimum absolute atomic E-state index is 0.0283. The van der Waals surface area contributed by atoms with Gasteiger partial charge in [0, 0.05) is 13.0 Å². The summed E-state index contributed by atoms with van der Waals surface area (Å²) in [6.07, 6.45) is 2.73. The molecule has 152 valence electrons. The summed E-state index contributed by atoms with van der Waals surface area (Å²) < 4.78 is 25.9. The summed E-state index contributed by atoms with van der Waals surface area (Å²) >= 11 is 0. The molecule has 0 saturated heterocycles. The fourth-order valence-corrected chi connectivity index (χ4v) is 4.08. The summed E-state index contributed by atoms with van der Waals surface area (Å²) in [4.78, 5) is 12.4. The molecule has 0 aliphatic carbocycles. The van der Waals surface area contributed by atoms with Crippen LogP contribution in [-0.4, -0.2) is 27.1 Å². The molecule has 0 radical (unpaired) electrons. The Balaban J connectivity index is 1.98. The van der Waals surface area contributed by atoms with Gasteiger partial charge in [0.2, 0.25) is 15.9 Å². The van der Waals surface area contributed by atoms with Crippen LogP contribution >= 0.6 is 0 Å². The molecule has 28 heavy (non-hydrogen) atoms. The topological polar surface area (TPSA) is 66.5 Å². The number of nitrogens with zero attached hydrogens (tertiary/aromatic N) is 1. The second-order valence-corrected chi connectivity index (χ2v) is 9.05. The van der Waals surface area contributed by atoms with E-state index in [1.165, 1.54) is 10.6 Å². The molecule has 1 amide bonds. The zero-order chi connectivity index (χ0) is 20.7. The van der Waals surface area contributed by atoms with Crippen molar-refractivity contribution in [1.82, 2.24) is 5.32 Å². The Labute approximate surface area is 168 Å². The highest BCUT2D eigenvalue weighted by atomic mass is 32.2. The van der Waals surface area contributed by atoms with Crippen LogP contribution in [0, 0.1) is 13.8 Å². The van der Waals surface area contributed by atoms with E-state index in [-0.39, 0.29) is 24.9 Å². The standard InChI is InChI=1S/C22H30N2O3S/c1-5-21(19-10-7-6-8-11-19)23-22(25)12-9-15-24(28(4,26)27)20-14-13-17(2)18(3)16-20/h6-8,10-11,13-14,16,21H,5,9,12,15H2,1-4H3,(H,23,25). The van der Waals surface area contributed by atoms with E-state index in [1.807, 2.05) is 69.3 Å². The van der Waals surface area contributed by atoms with Crippen molar-refractivity contribution in [2.75, 3.05) is 17.1 Å². The number of anilines is 1. The molecule has 0 fully saturated rings. The summed E-state index contributed by atoms with van der Waals surface area (Å²) in [7, 11) is -3.41. The van der Waals surface area contributed by atoms with Gasteiger partial charge in [-0.15, -0.1) is 0 Å². The Hall–Kier alpha value is -2.34. The lowest BCUT2D eigenvalue weighted by molar-refractivity contribution is -0.121. The fraction of sp³-hybridized carbons (Fsp3) is 0.409. The third kappa shape index (κ3) is 6.09. The van der Waals surface area contributed by atoms with Gasteiger partial charge in [0.05, 0.1) is 18.0 Å². The van der Waals surface area contributed by atoms with E-state index in [0.29, 0.717) is 12.1 Å². The normalized spacial score (nSPS) is 12.4. The van der Waals surface area contributed by atoms with Crippen molar-refractivity contribution in [3.63, 3.8) is 0 Å². The van der Waals surface area contributed by atoms with Gasteiger partial charge in [-0.3, -0.25) is 9.10 Å². The Morgan fingerprint density at radius 3 is 2.32 bits per heavy atom. The maximum absolute atomic E-state index is 12.4. The van der Waals surface area contributed by atoms with Crippen molar-refractivity contribution in [2.45, 2.75) is 46.1 Å². The van der Waals surface area contributed by atoms with Gasteiger partial charge in [0.1, 0.15) is 0 Å². The van der Waals surface area contributed by atoms with Crippen LogP contribution in [0.5, 0.6) is 0 Å². The first-order valence-electron chi connectivity index (χ1n) is 9.61. The van der Waals surface area contributed by atoms with Gasteiger partial charge in [-0.2, -0.15) is 0 Å². The minimum atomic E-state index is -3.41. The number of amides is 1. The van der Waals surface area contributed by atoms with Crippen molar-refractivity contribution >= 4 is 21.6 Å². The van der Waals surface area contributed by atoms with Crippen LogP contribution in [0.3, 0.4) is 0 Å². The van der Waals surface area contributed by atoms with Gasteiger partial charge >= 0.3 is 0 Å². The Kier molecular flexibility index (Phi) is 7.63. The molecule has 2 aromatic rings. The van der Waals surface area contributed by atoms with Gasteiger partial charge in [0.25, 0.3) is 0 Å². The smallest absolute Gasteiger partial charge is 0.232 e. The van der Waals surface area contributed by atoms with Gasteiger partial charge in [0.15, 0.2) is 0 Å². The van der Waals surface area contributed by atoms with E-state index in [2.05, 4.69) is 5.32 Å². The van der Waals surface area contributed by atoms with Gasteiger partial charge in [-0.1, -0.05) is 43.3 Å².